The van der Waals surface area contributed by atoms with Crippen molar-refractivity contribution in [1.82, 2.24) is 10.6 Å². The molecule has 0 saturated heterocycles. The van der Waals surface area contributed by atoms with Crippen molar-refractivity contribution in [1.29, 1.82) is 0 Å². The third-order valence-corrected chi connectivity index (χ3v) is 4.69. The van der Waals surface area contributed by atoms with Gasteiger partial charge in [-0.25, -0.2) is 0 Å². The molecule has 3 N–H and O–H groups in total. The van der Waals surface area contributed by atoms with Gasteiger partial charge in [0, 0.05) is 18.2 Å². The predicted octanol–water partition coefficient (Wildman–Crippen LogP) is 2.43. The number of fused-ring (bicyclic) bond motifs is 3. The molecule has 2 aliphatic rings. The van der Waals surface area contributed by atoms with Crippen LogP contribution in [0.1, 0.15) is 30.1 Å². The van der Waals surface area contributed by atoms with Gasteiger partial charge in [0.25, 0.3) is 0 Å². The van der Waals surface area contributed by atoms with Gasteiger partial charge in [0.2, 0.25) is 0 Å². The van der Waals surface area contributed by atoms with E-state index >= 15 is 0 Å². The average molecular weight is 328 g/mol. The molecule has 1 saturated carbocycles. The van der Waals surface area contributed by atoms with Crippen molar-refractivity contribution in [3.63, 3.8) is 0 Å². The van der Waals surface area contributed by atoms with E-state index in [-0.39, 0.29) is 0 Å². The zero-order valence-electron chi connectivity index (χ0n) is 12.8. The molecule has 4 nitrogen and oxygen atoms in total. The van der Waals surface area contributed by atoms with E-state index in [1.54, 1.807) is 0 Å². The molecule has 120 valence electrons. The van der Waals surface area contributed by atoms with Crippen LogP contribution in [0, 0.1) is 0 Å². The van der Waals surface area contributed by atoms with Crippen LogP contribution in [0.3, 0.4) is 0 Å². The lowest BCUT2D eigenvalue weighted by Gasteiger charge is -2.13. The molecule has 2 aromatic rings. The maximum atomic E-state index is 10.3. The Balaban J connectivity index is 1.54. The second kappa shape index (κ2) is 5.98. The van der Waals surface area contributed by atoms with E-state index in [1.165, 1.54) is 12.8 Å². The third kappa shape index (κ3) is 2.99. The number of benzene rings is 2. The fraction of sp³-hybridized carbons (Fsp3) is 0.389. The van der Waals surface area contributed by atoms with Crippen molar-refractivity contribution in [3.8, 4) is 5.75 Å². The molecule has 0 spiro atoms. The molecule has 1 unspecified atom stereocenters. The van der Waals surface area contributed by atoms with Crippen LogP contribution in [0.5, 0.6) is 5.75 Å². The summed E-state index contributed by atoms with van der Waals surface area (Å²) >= 11 is 5.29. The Labute approximate surface area is 140 Å². The third-order valence-electron chi connectivity index (χ3n) is 4.43. The molecule has 1 aliphatic carbocycles. The fourth-order valence-corrected chi connectivity index (χ4v) is 3.39. The number of ether oxygens (including phenoxy) is 1. The van der Waals surface area contributed by atoms with Crippen LogP contribution in [-0.4, -0.2) is 29.4 Å². The first-order valence-corrected chi connectivity index (χ1v) is 8.53. The highest BCUT2D eigenvalue weighted by Crippen LogP contribution is 2.41. The van der Waals surface area contributed by atoms with Gasteiger partial charge in [0.1, 0.15) is 18.5 Å². The average Bonchev–Trinajstić information content (AvgIpc) is 3.27. The van der Waals surface area contributed by atoms with E-state index in [0.717, 1.165) is 45.7 Å². The highest BCUT2D eigenvalue weighted by atomic mass is 32.1. The molecule has 0 amide bonds. The first kappa shape index (κ1) is 14.7. The molecule has 4 rings (SSSR count). The van der Waals surface area contributed by atoms with Gasteiger partial charge in [-0.15, -0.1) is 0 Å². The van der Waals surface area contributed by atoms with Crippen LogP contribution < -0.4 is 15.4 Å². The van der Waals surface area contributed by atoms with Crippen LogP contribution in [0.15, 0.2) is 30.3 Å². The van der Waals surface area contributed by atoms with E-state index in [4.69, 9.17) is 17.0 Å². The Morgan fingerprint density at radius 2 is 2.13 bits per heavy atom. The second-order valence-corrected chi connectivity index (χ2v) is 6.66. The van der Waals surface area contributed by atoms with Gasteiger partial charge in [-0.3, -0.25) is 0 Å². The Kier molecular flexibility index (Phi) is 3.83. The molecule has 0 bridgehead atoms. The predicted molar refractivity (Wildman–Crippen MR) is 94.9 cm³/mol. The minimum absolute atomic E-state index is 0.339. The first-order valence-electron chi connectivity index (χ1n) is 8.12. The Hall–Kier alpha value is -1.85. The van der Waals surface area contributed by atoms with Gasteiger partial charge in [0.15, 0.2) is 5.11 Å². The number of aliphatic hydroxyl groups excluding tert-OH is 1. The van der Waals surface area contributed by atoms with Crippen molar-refractivity contribution in [2.24, 2.45) is 0 Å². The maximum Gasteiger partial charge on any atom is 0.166 e. The maximum absolute atomic E-state index is 10.3. The van der Waals surface area contributed by atoms with Crippen LogP contribution in [0.2, 0.25) is 0 Å². The minimum atomic E-state index is -0.541. The van der Waals surface area contributed by atoms with Crippen molar-refractivity contribution < 1.29 is 9.84 Å². The number of rotatable bonds is 4. The topological polar surface area (TPSA) is 53.5 Å². The summed E-state index contributed by atoms with van der Waals surface area (Å²) in [7, 11) is 0. The van der Waals surface area contributed by atoms with Gasteiger partial charge in [-0.2, -0.15) is 0 Å². The summed E-state index contributed by atoms with van der Waals surface area (Å²) in [6.45, 7) is 1.09. The Morgan fingerprint density at radius 1 is 1.30 bits per heavy atom. The molecule has 5 heteroatoms. The van der Waals surface area contributed by atoms with E-state index in [0.29, 0.717) is 12.6 Å². The number of thiocarbonyl (C=S) groups is 1. The van der Waals surface area contributed by atoms with Crippen LogP contribution in [0.4, 0.5) is 0 Å². The van der Waals surface area contributed by atoms with Crippen molar-refractivity contribution >= 4 is 28.1 Å². The number of aliphatic hydroxyl groups is 1. The highest BCUT2D eigenvalue weighted by molar-refractivity contribution is 7.80. The smallest absolute Gasteiger partial charge is 0.166 e. The quantitative estimate of drug-likeness (QED) is 0.753. The van der Waals surface area contributed by atoms with Gasteiger partial charge in [-0.1, -0.05) is 24.3 Å². The van der Waals surface area contributed by atoms with Crippen molar-refractivity contribution in [2.75, 3.05) is 13.2 Å². The number of hydrogen-bond acceptors (Lipinski definition) is 3. The van der Waals surface area contributed by atoms with Gasteiger partial charge < -0.3 is 20.5 Å². The normalized spacial score (nSPS) is 19.3. The van der Waals surface area contributed by atoms with Gasteiger partial charge >= 0.3 is 0 Å². The standard InChI is InChI=1S/C18H20N2O2S/c21-15-10-22-17-12(7-8-19-18(23)20-13-5-6-13)9-11-3-1-2-4-14(11)16(15)17/h1-4,9,13,15,21H,5-8,10H2,(H2,19,20,23). The van der Waals surface area contributed by atoms with Gasteiger partial charge in [-0.05, 0) is 53.9 Å². The van der Waals surface area contributed by atoms with E-state index < -0.39 is 6.10 Å². The molecule has 0 aromatic heterocycles. The lowest BCUT2D eigenvalue weighted by molar-refractivity contribution is 0.141. The molecular weight excluding hydrogens is 308 g/mol. The van der Waals surface area contributed by atoms with E-state index in [2.05, 4.69) is 22.8 Å². The summed E-state index contributed by atoms with van der Waals surface area (Å²) in [4.78, 5) is 0. The summed E-state index contributed by atoms with van der Waals surface area (Å²) in [5, 5.41) is 19.7. The Bertz CT molecular complexity index is 758. The van der Waals surface area contributed by atoms with E-state index in [9.17, 15) is 5.11 Å². The zero-order chi connectivity index (χ0) is 15.8. The molecule has 23 heavy (non-hydrogen) atoms. The first-order chi connectivity index (χ1) is 11.2. The molecule has 1 aliphatic heterocycles. The minimum Gasteiger partial charge on any atom is -0.490 e. The summed E-state index contributed by atoms with van der Waals surface area (Å²) in [5.41, 5.74) is 2.05. The van der Waals surface area contributed by atoms with Gasteiger partial charge in [0.05, 0.1) is 0 Å². The molecule has 1 heterocycles. The summed E-state index contributed by atoms with van der Waals surface area (Å²) < 4.78 is 5.76. The second-order valence-electron chi connectivity index (χ2n) is 6.25. The molecule has 1 atom stereocenters. The molecular formula is C18H20N2O2S. The number of hydrogen-bond donors (Lipinski definition) is 3. The SMILES string of the molecule is OC1COc2c(CCNC(=S)NC3CC3)cc3ccccc3c21. The lowest BCUT2D eigenvalue weighted by Crippen LogP contribution is -2.37. The molecule has 1 fully saturated rings. The lowest BCUT2D eigenvalue weighted by atomic mass is 9.96. The van der Waals surface area contributed by atoms with Crippen molar-refractivity contribution in [3.05, 3.63) is 41.5 Å². The van der Waals surface area contributed by atoms with Crippen molar-refractivity contribution in [2.45, 2.75) is 31.4 Å². The van der Waals surface area contributed by atoms with Crippen LogP contribution in [0.25, 0.3) is 10.8 Å². The fourth-order valence-electron chi connectivity index (χ4n) is 3.12. The largest absolute Gasteiger partial charge is 0.490 e. The summed E-state index contributed by atoms with van der Waals surface area (Å²) in [6, 6.07) is 10.9. The van der Waals surface area contributed by atoms with Crippen LogP contribution in [-0.2, 0) is 6.42 Å². The molecule has 0 radical (unpaired) electrons. The zero-order valence-corrected chi connectivity index (χ0v) is 13.7. The monoisotopic (exact) mass is 328 g/mol. The van der Waals surface area contributed by atoms with Crippen LogP contribution >= 0.6 is 12.2 Å². The van der Waals surface area contributed by atoms with E-state index in [1.807, 2.05) is 18.2 Å². The summed E-state index contributed by atoms with van der Waals surface area (Å²) in [5.74, 6) is 0.846. The summed E-state index contributed by atoms with van der Waals surface area (Å²) in [6.07, 6.45) is 2.70. The Morgan fingerprint density at radius 3 is 2.96 bits per heavy atom. The highest BCUT2D eigenvalue weighted by Gasteiger charge is 2.27. The number of nitrogens with one attached hydrogen (secondary N) is 2. The molecule has 2 aromatic carbocycles.